The number of oxime groups is 1. The number of benzene rings is 1. The molecule has 0 bridgehead atoms. The smallest absolute Gasteiger partial charge is 0.170 e. The fraction of sp³-hybridized carbons (Fsp3) is 0.588. The Kier molecular flexibility index (Phi) is 7.23. The lowest BCUT2D eigenvalue weighted by atomic mass is 10.0. The monoisotopic (exact) mass is 291 g/mol. The number of nitrogens with one attached hydrogen (secondary N) is 1. The fourth-order valence-electron chi connectivity index (χ4n) is 2.33. The Labute approximate surface area is 128 Å². The second-order valence-corrected chi connectivity index (χ2v) is 6.23. The Morgan fingerprint density at radius 1 is 1.29 bits per heavy atom. The highest BCUT2D eigenvalue weighted by Crippen LogP contribution is 2.13. The maximum absolute atomic E-state index is 8.70. The normalized spacial score (nSPS) is 13.7. The first-order valence-corrected chi connectivity index (χ1v) is 7.74. The molecule has 0 amide bonds. The van der Waals surface area contributed by atoms with E-state index in [0.717, 1.165) is 23.6 Å². The van der Waals surface area contributed by atoms with E-state index in [1.54, 1.807) is 0 Å². The first-order valence-electron chi connectivity index (χ1n) is 7.74. The van der Waals surface area contributed by atoms with Crippen LogP contribution in [0.5, 0.6) is 0 Å². The van der Waals surface area contributed by atoms with Gasteiger partial charge in [-0.25, -0.2) is 0 Å². The molecule has 1 aromatic carbocycles. The molecule has 4 heteroatoms. The molecule has 118 valence electrons. The molecule has 4 nitrogen and oxygen atoms in total. The van der Waals surface area contributed by atoms with E-state index in [0.29, 0.717) is 6.04 Å². The van der Waals surface area contributed by atoms with Crippen molar-refractivity contribution in [3.05, 3.63) is 34.9 Å². The summed E-state index contributed by atoms with van der Waals surface area (Å²) in [6.45, 7) is 9.68. The third-order valence-corrected chi connectivity index (χ3v) is 3.81. The van der Waals surface area contributed by atoms with Crippen molar-refractivity contribution in [3.8, 4) is 0 Å². The maximum atomic E-state index is 8.70. The molecule has 0 saturated heterocycles. The molecule has 21 heavy (non-hydrogen) atoms. The minimum absolute atomic E-state index is 0.152. The number of aryl methyl sites for hydroxylation is 1. The van der Waals surface area contributed by atoms with Gasteiger partial charge in [-0.2, -0.15) is 0 Å². The van der Waals surface area contributed by atoms with E-state index in [9.17, 15) is 0 Å². The lowest BCUT2D eigenvalue weighted by molar-refractivity contribution is 0.318. The van der Waals surface area contributed by atoms with Gasteiger partial charge in [0.05, 0.1) is 0 Å². The molecule has 0 aliphatic carbocycles. The summed E-state index contributed by atoms with van der Waals surface area (Å²) in [7, 11) is 0. The Hall–Kier alpha value is -1.55. The van der Waals surface area contributed by atoms with Gasteiger partial charge in [0.2, 0.25) is 0 Å². The molecule has 1 rings (SSSR count). The van der Waals surface area contributed by atoms with Gasteiger partial charge in [-0.3, -0.25) is 0 Å². The highest BCUT2D eigenvalue weighted by atomic mass is 16.4. The Balaban J connectivity index is 2.48. The largest absolute Gasteiger partial charge is 0.409 e. The van der Waals surface area contributed by atoms with Crippen molar-refractivity contribution in [1.82, 2.24) is 5.32 Å². The van der Waals surface area contributed by atoms with E-state index in [1.165, 1.54) is 24.8 Å². The van der Waals surface area contributed by atoms with Crippen molar-refractivity contribution in [2.24, 2.45) is 16.8 Å². The zero-order valence-corrected chi connectivity index (χ0v) is 13.7. The number of nitrogens with zero attached hydrogens (tertiary/aromatic N) is 1. The molecule has 1 atom stereocenters. The number of amidine groups is 1. The first-order chi connectivity index (χ1) is 9.93. The van der Waals surface area contributed by atoms with Gasteiger partial charge in [0.25, 0.3) is 0 Å². The van der Waals surface area contributed by atoms with E-state index in [2.05, 4.69) is 38.2 Å². The predicted octanol–water partition coefficient (Wildman–Crippen LogP) is 3.39. The topological polar surface area (TPSA) is 70.6 Å². The third-order valence-electron chi connectivity index (χ3n) is 3.81. The molecule has 0 aliphatic heterocycles. The summed E-state index contributed by atoms with van der Waals surface area (Å²) in [5.74, 6) is 0.935. The van der Waals surface area contributed by atoms with Crippen LogP contribution in [0.1, 0.15) is 56.7 Å². The van der Waals surface area contributed by atoms with Gasteiger partial charge in [-0.15, -0.1) is 0 Å². The Bertz CT molecular complexity index is 469. The van der Waals surface area contributed by atoms with Crippen LogP contribution >= 0.6 is 0 Å². The standard InChI is InChI=1S/C17H29N3O/c1-12(2)6-5-7-14(4)19-11-16-9-8-15(10-13(16)3)17(18)20-21/h8-10,12,14,19,21H,5-7,11H2,1-4H3,(H2,18,20). The summed E-state index contributed by atoms with van der Waals surface area (Å²) in [5, 5.41) is 15.3. The summed E-state index contributed by atoms with van der Waals surface area (Å²) in [6, 6.07) is 6.40. The van der Waals surface area contributed by atoms with Crippen molar-refractivity contribution >= 4 is 5.84 Å². The average molecular weight is 291 g/mol. The van der Waals surface area contributed by atoms with Crippen LogP contribution in [0.3, 0.4) is 0 Å². The number of hydrogen-bond donors (Lipinski definition) is 3. The van der Waals surface area contributed by atoms with Gasteiger partial charge in [-0.05, 0) is 43.4 Å². The van der Waals surface area contributed by atoms with Crippen LogP contribution < -0.4 is 11.1 Å². The summed E-state index contributed by atoms with van der Waals surface area (Å²) in [6.07, 6.45) is 3.77. The third kappa shape index (κ3) is 6.17. The minimum atomic E-state index is 0.152. The molecule has 0 spiro atoms. The zero-order valence-electron chi connectivity index (χ0n) is 13.7. The maximum Gasteiger partial charge on any atom is 0.170 e. The molecule has 0 aromatic heterocycles. The summed E-state index contributed by atoms with van der Waals surface area (Å²) < 4.78 is 0. The first kappa shape index (κ1) is 17.5. The number of nitrogens with two attached hydrogens (primary N) is 1. The van der Waals surface area contributed by atoms with Gasteiger partial charge in [0.1, 0.15) is 0 Å². The molecule has 0 heterocycles. The van der Waals surface area contributed by atoms with Crippen molar-refractivity contribution in [2.45, 2.75) is 59.5 Å². The van der Waals surface area contributed by atoms with Crippen LogP contribution in [0.2, 0.25) is 0 Å². The van der Waals surface area contributed by atoms with Gasteiger partial charge >= 0.3 is 0 Å². The van der Waals surface area contributed by atoms with Crippen LogP contribution in [0.25, 0.3) is 0 Å². The predicted molar refractivity (Wildman–Crippen MR) is 88.7 cm³/mol. The minimum Gasteiger partial charge on any atom is -0.409 e. The fourth-order valence-corrected chi connectivity index (χ4v) is 2.33. The van der Waals surface area contributed by atoms with Crippen LogP contribution in [-0.2, 0) is 6.54 Å². The van der Waals surface area contributed by atoms with Crippen molar-refractivity contribution in [2.75, 3.05) is 0 Å². The van der Waals surface area contributed by atoms with E-state index >= 15 is 0 Å². The van der Waals surface area contributed by atoms with Gasteiger partial charge in [0, 0.05) is 18.2 Å². The van der Waals surface area contributed by atoms with E-state index in [4.69, 9.17) is 10.9 Å². The van der Waals surface area contributed by atoms with E-state index in [1.807, 2.05) is 18.2 Å². The lowest BCUT2D eigenvalue weighted by Gasteiger charge is -2.16. The molecule has 0 aliphatic rings. The SMILES string of the molecule is Cc1cc(/C(N)=N/O)ccc1CNC(C)CCCC(C)C. The molecule has 4 N–H and O–H groups in total. The summed E-state index contributed by atoms with van der Waals surface area (Å²) in [4.78, 5) is 0. The second-order valence-electron chi connectivity index (χ2n) is 6.23. The molecule has 0 radical (unpaired) electrons. The quantitative estimate of drug-likeness (QED) is 0.297. The number of rotatable bonds is 8. The van der Waals surface area contributed by atoms with Gasteiger partial charge in [-0.1, -0.05) is 44.0 Å². The van der Waals surface area contributed by atoms with Crippen molar-refractivity contribution in [3.63, 3.8) is 0 Å². The summed E-state index contributed by atoms with van der Waals surface area (Å²) in [5.41, 5.74) is 8.76. The molecular formula is C17H29N3O. The van der Waals surface area contributed by atoms with E-state index in [-0.39, 0.29) is 5.84 Å². The second kappa shape index (κ2) is 8.67. The molecule has 1 unspecified atom stereocenters. The van der Waals surface area contributed by atoms with Crippen LogP contribution in [0.15, 0.2) is 23.4 Å². The molecular weight excluding hydrogens is 262 g/mol. The van der Waals surface area contributed by atoms with Crippen LogP contribution in [0.4, 0.5) is 0 Å². The van der Waals surface area contributed by atoms with Crippen molar-refractivity contribution < 1.29 is 5.21 Å². The van der Waals surface area contributed by atoms with Gasteiger partial charge < -0.3 is 16.3 Å². The molecule has 0 saturated carbocycles. The Morgan fingerprint density at radius 2 is 2.00 bits per heavy atom. The lowest BCUT2D eigenvalue weighted by Crippen LogP contribution is -2.26. The van der Waals surface area contributed by atoms with Crippen molar-refractivity contribution in [1.29, 1.82) is 0 Å². The zero-order chi connectivity index (χ0) is 15.8. The van der Waals surface area contributed by atoms with Gasteiger partial charge in [0.15, 0.2) is 5.84 Å². The molecule has 0 fully saturated rings. The molecule has 1 aromatic rings. The summed E-state index contributed by atoms with van der Waals surface area (Å²) >= 11 is 0. The highest BCUT2D eigenvalue weighted by molar-refractivity contribution is 5.97. The highest BCUT2D eigenvalue weighted by Gasteiger charge is 2.06. The van der Waals surface area contributed by atoms with Crippen LogP contribution in [0, 0.1) is 12.8 Å². The van der Waals surface area contributed by atoms with Crippen LogP contribution in [-0.4, -0.2) is 17.1 Å². The average Bonchev–Trinajstić information content (AvgIpc) is 2.44. The van der Waals surface area contributed by atoms with E-state index < -0.39 is 0 Å². The Morgan fingerprint density at radius 3 is 2.57 bits per heavy atom. The number of hydrogen-bond acceptors (Lipinski definition) is 3.